The van der Waals surface area contributed by atoms with Gasteiger partial charge in [0.15, 0.2) is 0 Å². The van der Waals surface area contributed by atoms with Gasteiger partial charge >= 0.3 is 5.97 Å². The molecule has 0 radical (unpaired) electrons. The van der Waals surface area contributed by atoms with Crippen molar-refractivity contribution in [3.05, 3.63) is 44.4 Å². The van der Waals surface area contributed by atoms with E-state index in [2.05, 4.69) is 20.7 Å². The number of nitro groups is 1. The Labute approximate surface area is 100.0 Å². The van der Waals surface area contributed by atoms with Crippen LogP contribution in [0.2, 0.25) is 0 Å². The monoisotopic (exact) mass is 285 g/mol. The van der Waals surface area contributed by atoms with Crippen molar-refractivity contribution in [3.8, 4) is 0 Å². The van der Waals surface area contributed by atoms with Gasteiger partial charge in [-0.1, -0.05) is 15.9 Å². The van der Waals surface area contributed by atoms with Gasteiger partial charge in [-0.15, -0.1) is 0 Å². The highest BCUT2D eigenvalue weighted by Gasteiger charge is 2.11. The van der Waals surface area contributed by atoms with Gasteiger partial charge in [0.25, 0.3) is 5.69 Å². The average Bonchev–Trinajstić information content (AvgIpc) is 2.26. The number of benzene rings is 1. The number of ether oxygens (including phenoxy) is 1. The van der Waals surface area contributed by atoms with Crippen LogP contribution >= 0.6 is 15.9 Å². The summed E-state index contributed by atoms with van der Waals surface area (Å²) in [6, 6.07) is 4.57. The first-order valence-corrected chi connectivity index (χ1v) is 5.04. The first kappa shape index (κ1) is 12.4. The lowest BCUT2D eigenvalue weighted by Gasteiger charge is -1.98. The van der Waals surface area contributed by atoms with Crippen LogP contribution in [0.25, 0.3) is 6.08 Å². The molecule has 84 valence electrons. The van der Waals surface area contributed by atoms with Gasteiger partial charge in [0, 0.05) is 16.6 Å². The molecule has 0 N–H and O–H groups in total. The van der Waals surface area contributed by atoms with E-state index in [1.54, 1.807) is 12.1 Å². The van der Waals surface area contributed by atoms with Gasteiger partial charge in [-0.25, -0.2) is 4.79 Å². The lowest BCUT2D eigenvalue weighted by Crippen LogP contribution is -1.95. The molecular formula is C10H8BrNO4. The van der Waals surface area contributed by atoms with E-state index in [1.165, 1.54) is 19.3 Å². The van der Waals surface area contributed by atoms with Crippen LogP contribution < -0.4 is 0 Å². The van der Waals surface area contributed by atoms with Gasteiger partial charge in [-0.05, 0) is 18.2 Å². The Morgan fingerprint density at radius 1 is 1.56 bits per heavy atom. The van der Waals surface area contributed by atoms with E-state index in [-0.39, 0.29) is 5.69 Å². The SMILES string of the molecule is COC(=O)/C=C/c1ccc(Br)cc1[N+](=O)[O-]. The van der Waals surface area contributed by atoms with Crippen molar-refractivity contribution >= 4 is 33.7 Å². The van der Waals surface area contributed by atoms with E-state index in [0.29, 0.717) is 10.0 Å². The number of carbonyl (C=O) groups excluding carboxylic acids is 1. The van der Waals surface area contributed by atoms with Crippen LogP contribution in [-0.4, -0.2) is 18.0 Å². The lowest BCUT2D eigenvalue weighted by molar-refractivity contribution is -0.385. The third-order valence-electron chi connectivity index (χ3n) is 1.79. The van der Waals surface area contributed by atoms with Crippen LogP contribution in [0.4, 0.5) is 5.69 Å². The Morgan fingerprint density at radius 2 is 2.25 bits per heavy atom. The zero-order valence-corrected chi connectivity index (χ0v) is 9.93. The molecule has 0 aromatic heterocycles. The number of methoxy groups -OCH3 is 1. The smallest absolute Gasteiger partial charge is 0.330 e. The molecule has 0 spiro atoms. The first-order chi connectivity index (χ1) is 7.54. The van der Waals surface area contributed by atoms with Crippen molar-refractivity contribution < 1.29 is 14.5 Å². The fourth-order valence-electron chi connectivity index (χ4n) is 1.04. The molecule has 0 aliphatic carbocycles. The second-order valence-electron chi connectivity index (χ2n) is 2.82. The van der Waals surface area contributed by atoms with Crippen molar-refractivity contribution in [2.24, 2.45) is 0 Å². The van der Waals surface area contributed by atoms with Crippen LogP contribution in [0.15, 0.2) is 28.7 Å². The molecule has 0 fully saturated rings. The number of carbonyl (C=O) groups is 1. The number of nitro benzene ring substituents is 1. The summed E-state index contributed by atoms with van der Waals surface area (Å²) >= 11 is 3.14. The molecule has 1 aromatic carbocycles. The molecule has 0 unspecified atom stereocenters. The van der Waals surface area contributed by atoms with Crippen molar-refractivity contribution in [2.75, 3.05) is 7.11 Å². The van der Waals surface area contributed by atoms with Crippen LogP contribution in [0.3, 0.4) is 0 Å². The van der Waals surface area contributed by atoms with Gasteiger partial charge in [-0.2, -0.15) is 0 Å². The molecule has 0 aliphatic rings. The number of hydrogen-bond donors (Lipinski definition) is 0. The highest BCUT2D eigenvalue weighted by molar-refractivity contribution is 9.10. The summed E-state index contributed by atoms with van der Waals surface area (Å²) in [5, 5.41) is 10.7. The van der Waals surface area contributed by atoms with E-state index < -0.39 is 10.9 Å². The van der Waals surface area contributed by atoms with Gasteiger partial charge in [0.05, 0.1) is 17.6 Å². The zero-order valence-electron chi connectivity index (χ0n) is 8.34. The van der Waals surface area contributed by atoms with Gasteiger partial charge < -0.3 is 4.74 Å². The molecule has 0 amide bonds. The molecule has 0 heterocycles. The van der Waals surface area contributed by atoms with Crippen LogP contribution in [0.5, 0.6) is 0 Å². The first-order valence-electron chi connectivity index (χ1n) is 4.24. The summed E-state index contributed by atoms with van der Waals surface area (Å²) < 4.78 is 5.00. The number of esters is 1. The van der Waals surface area contributed by atoms with E-state index in [9.17, 15) is 14.9 Å². The van der Waals surface area contributed by atoms with E-state index in [0.717, 1.165) is 6.08 Å². The molecule has 0 saturated carbocycles. The van der Waals surface area contributed by atoms with E-state index in [1.807, 2.05) is 0 Å². The van der Waals surface area contributed by atoms with Gasteiger partial charge in [-0.3, -0.25) is 10.1 Å². The molecule has 0 saturated heterocycles. The van der Waals surface area contributed by atoms with Crippen LogP contribution in [0.1, 0.15) is 5.56 Å². The second-order valence-corrected chi connectivity index (χ2v) is 3.73. The molecule has 6 heteroatoms. The summed E-state index contributed by atoms with van der Waals surface area (Å²) in [5.74, 6) is -0.558. The standard InChI is InChI=1S/C10H8BrNO4/c1-16-10(13)5-3-7-2-4-8(11)6-9(7)12(14)15/h2-6H,1H3/b5-3+. The molecule has 5 nitrogen and oxygen atoms in total. The summed E-state index contributed by atoms with van der Waals surface area (Å²) in [6.07, 6.45) is 2.48. The minimum Gasteiger partial charge on any atom is -0.466 e. The Bertz CT molecular complexity index is 456. The highest BCUT2D eigenvalue weighted by Crippen LogP contribution is 2.24. The number of halogens is 1. The van der Waals surface area contributed by atoms with Crippen molar-refractivity contribution in [3.63, 3.8) is 0 Å². The maximum absolute atomic E-state index is 10.8. The molecule has 0 atom stereocenters. The molecule has 1 aromatic rings. The lowest BCUT2D eigenvalue weighted by atomic mass is 10.1. The Kier molecular flexibility index (Phi) is 4.19. The normalized spacial score (nSPS) is 10.4. The van der Waals surface area contributed by atoms with Crippen LogP contribution in [-0.2, 0) is 9.53 Å². The maximum atomic E-state index is 10.8. The minimum atomic E-state index is -0.558. The predicted octanol–water partition coefficient (Wildman–Crippen LogP) is 2.54. The Hall–Kier alpha value is -1.69. The molecule has 16 heavy (non-hydrogen) atoms. The van der Waals surface area contributed by atoms with Crippen molar-refractivity contribution in [1.29, 1.82) is 0 Å². The molecule has 0 aliphatic heterocycles. The number of nitrogens with zero attached hydrogens (tertiary/aromatic N) is 1. The molecule has 0 bridgehead atoms. The molecule has 1 rings (SSSR count). The fraction of sp³-hybridized carbons (Fsp3) is 0.100. The largest absolute Gasteiger partial charge is 0.466 e. The Morgan fingerprint density at radius 3 is 2.81 bits per heavy atom. The van der Waals surface area contributed by atoms with E-state index in [4.69, 9.17) is 0 Å². The van der Waals surface area contributed by atoms with Crippen molar-refractivity contribution in [1.82, 2.24) is 0 Å². The maximum Gasteiger partial charge on any atom is 0.330 e. The average molecular weight is 286 g/mol. The topological polar surface area (TPSA) is 69.4 Å². The predicted molar refractivity (Wildman–Crippen MR) is 61.8 cm³/mol. The van der Waals surface area contributed by atoms with Crippen LogP contribution in [0, 0.1) is 10.1 Å². The summed E-state index contributed by atoms with van der Waals surface area (Å²) in [4.78, 5) is 21.1. The number of hydrogen-bond acceptors (Lipinski definition) is 4. The third-order valence-corrected chi connectivity index (χ3v) is 2.28. The van der Waals surface area contributed by atoms with Gasteiger partial charge in [0.2, 0.25) is 0 Å². The summed E-state index contributed by atoms with van der Waals surface area (Å²) in [5.41, 5.74) is 0.271. The van der Waals surface area contributed by atoms with Crippen molar-refractivity contribution in [2.45, 2.75) is 0 Å². The summed E-state index contributed by atoms with van der Waals surface area (Å²) in [6.45, 7) is 0. The second kappa shape index (κ2) is 5.41. The number of rotatable bonds is 3. The molecular weight excluding hydrogens is 278 g/mol. The van der Waals surface area contributed by atoms with E-state index >= 15 is 0 Å². The quantitative estimate of drug-likeness (QED) is 0.370. The fourth-order valence-corrected chi connectivity index (χ4v) is 1.39. The third kappa shape index (κ3) is 3.16. The highest BCUT2D eigenvalue weighted by atomic mass is 79.9. The Balaban J connectivity index is 3.09. The zero-order chi connectivity index (χ0) is 12.1. The minimum absolute atomic E-state index is 0.0745. The summed E-state index contributed by atoms with van der Waals surface area (Å²) in [7, 11) is 1.24. The van der Waals surface area contributed by atoms with Gasteiger partial charge in [0.1, 0.15) is 0 Å².